The molecule has 1 heterocycles. The SMILES string of the molecule is N[C@@H](Cc1ccccc1)C(=O)N1CCN(C(c2ccccc2)c2ccc(Cl)cc2)CC1. The van der Waals surface area contributed by atoms with Gasteiger partial charge in [0.05, 0.1) is 12.1 Å². The van der Waals surface area contributed by atoms with Gasteiger partial charge in [0.2, 0.25) is 5.91 Å². The predicted octanol–water partition coefficient (Wildman–Crippen LogP) is 4.14. The van der Waals surface area contributed by atoms with Crippen LogP contribution in [0.2, 0.25) is 5.02 Å². The minimum absolute atomic E-state index is 0.0336. The van der Waals surface area contributed by atoms with E-state index in [4.69, 9.17) is 17.3 Å². The summed E-state index contributed by atoms with van der Waals surface area (Å²) in [6, 6.07) is 28.1. The molecule has 1 unspecified atom stereocenters. The molecule has 3 aromatic rings. The molecule has 160 valence electrons. The Kier molecular flexibility index (Phi) is 7.03. The molecule has 0 aliphatic carbocycles. The summed E-state index contributed by atoms with van der Waals surface area (Å²) >= 11 is 6.12. The first-order chi connectivity index (χ1) is 15.1. The molecular weight excluding hydrogens is 406 g/mol. The lowest BCUT2D eigenvalue weighted by Crippen LogP contribution is -2.54. The molecule has 1 aliphatic heterocycles. The summed E-state index contributed by atoms with van der Waals surface area (Å²) in [6.07, 6.45) is 0.567. The van der Waals surface area contributed by atoms with Crippen molar-refractivity contribution >= 4 is 17.5 Å². The molecular formula is C26H28ClN3O. The molecule has 31 heavy (non-hydrogen) atoms. The Labute approximate surface area is 189 Å². The number of halogens is 1. The molecule has 0 aromatic heterocycles. The van der Waals surface area contributed by atoms with Crippen LogP contribution in [0.5, 0.6) is 0 Å². The average molecular weight is 434 g/mol. The average Bonchev–Trinajstić information content (AvgIpc) is 2.82. The van der Waals surface area contributed by atoms with Crippen LogP contribution < -0.4 is 5.73 Å². The minimum Gasteiger partial charge on any atom is -0.339 e. The Bertz CT molecular complexity index is 971. The second-order valence-corrected chi connectivity index (χ2v) is 8.46. The van der Waals surface area contributed by atoms with Crippen LogP contribution in [0.15, 0.2) is 84.9 Å². The Balaban J connectivity index is 1.44. The van der Waals surface area contributed by atoms with Crippen molar-refractivity contribution in [2.45, 2.75) is 18.5 Å². The summed E-state index contributed by atoms with van der Waals surface area (Å²) in [6.45, 7) is 2.95. The molecule has 1 fully saturated rings. The van der Waals surface area contributed by atoms with Gasteiger partial charge in [-0.3, -0.25) is 9.69 Å². The number of nitrogens with two attached hydrogens (primary N) is 1. The highest BCUT2D eigenvalue weighted by Crippen LogP contribution is 2.30. The normalized spacial score (nSPS) is 16.6. The van der Waals surface area contributed by atoms with E-state index in [2.05, 4.69) is 41.3 Å². The summed E-state index contributed by atoms with van der Waals surface area (Å²) in [7, 11) is 0. The Hall–Kier alpha value is -2.66. The smallest absolute Gasteiger partial charge is 0.239 e. The number of nitrogens with zero attached hydrogens (tertiary/aromatic N) is 2. The van der Waals surface area contributed by atoms with Gasteiger partial charge in [-0.25, -0.2) is 0 Å². The van der Waals surface area contributed by atoms with Crippen molar-refractivity contribution in [2.75, 3.05) is 26.2 Å². The van der Waals surface area contributed by atoms with Crippen molar-refractivity contribution < 1.29 is 4.79 Å². The van der Waals surface area contributed by atoms with Gasteiger partial charge in [-0.15, -0.1) is 0 Å². The quantitative estimate of drug-likeness (QED) is 0.635. The van der Waals surface area contributed by atoms with E-state index in [0.717, 1.165) is 23.7 Å². The lowest BCUT2D eigenvalue weighted by molar-refractivity contribution is -0.134. The van der Waals surface area contributed by atoms with Crippen molar-refractivity contribution in [3.05, 3.63) is 107 Å². The minimum atomic E-state index is -0.505. The first-order valence-electron chi connectivity index (χ1n) is 10.7. The zero-order chi connectivity index (χ0) is 21.6. The van der Waals surface area contributed by atoms with Gasteiger partial charge in [0, 0.05) is 31.2 Å². The van der Waals surface area contributed by atoms with Gasteiger partial charge in [-0.05, 0) is 35.2 Å². The third-order valence-corrected chi connectivity index (χ3v) is 6.16. The summed E-state index contributed by atoms with van der Waals surface area (Å²) in [5.41, 5.74) is 9.79. The summed E-state index contributed by atoms with van der Waals surface area (Å²) < 4.78 is 0. The van der Waals surface area contributed by atoms with E-state index in [1.165, 1.54) is 11.1 Å². The molecule has 4 rings (SSSR count). The highest BCUT2D eigenvalue weighted by atomic mass is 35.5. The zero-order valence-corrected chi connectivity index (χ0v) is 18.3. The fraction of sp³-hybridized carbons (Fsp3) is 0.269. The molecule has 0 bridgehead atoms. The molecule has 4 nitrogen and oxygen atoms in total. The fourth-order valence-electron chi connectivity index (χ4n) is 4.28. The second kappa shape index (κ2) is 10.1. The van der Waals surface area contributed by atoms with Crippen LogP contribution in [0.1, 0.15) is 22.7 Å². The van der Waals surface area contributed by atoms with Crippen molar-refractivity contribution in [2.24, 2.45) is 5.73 Å². The largest absolute Gasteiger partial charge is 0.339 e. The molecule has 2 atom stereocenters. The van der Waals surface area contributed by atoms with E-state index in [1.807, 2.05) is 53.4 Å². The van der Waals surface area contributed by atoms with Crippen molar-refractivity contribution in [3.8, 4) is 0 Å². The van der Waals surface area contributed by atoms with Gasteiger partial charge in [0.25, 0.3) is 0 Å². The number of amides is 1. The summed E-state index contributed by atoms with van der Waals surface area (Å²) in [5, 5.41) is 0.735. The summed E-state index contributed by atoms with van der Waals surface area (Å²) in [4.78, 5) is 17.3. The molecule has 1 aliphatic rings. The molecule has 2 N–H and O–H groups in total. The van der Waals surface area contributed by atoms with Gasteiger partial charge < -0.3 is 10.6 Å². The van der Waals surface area contributed by atoms with E-state index in [9.17, 15) is 4.79 Å². The Morgan fingerprint density at radius 1 is 0.806 bits per heavy atom. The van der Waals surface area contributed by atoms with Gasteiger partial charge in [-0.2, -0.15) is 0 Å². The van der Waals surface area contributed by atoms with Crippen LogP contribution in [0, 0.1) is 0 Å². The van der Waals surface area contributed by atoms with Gasteiger partial charge in [0.15, 0.2) is 0 Å². The predicted molar refractivity (Wildman–Crippen MR) is 126 cm³/mol. The lowest BCUT2D eigenvalue weighted by Gasteiger charge is -2.40. The van der Waals surface area contributed by atoms with Crippen molar-refractivity contribution in [1.29, 1.82) is 0 Å². The second-order valence-electron chi connectivity index (χ2n) is 8.02. The molecule has 0 radical (unpaired) electrons. The van der Waals surface area contributed by atoms with E-state index >= 15 is 0 Å². The number of piperazine rings is 1. The van der Waals surface area contributed by atoms with Crippen LogP contribution >= 0.6 is 11.6 Å². The van der Waals surface area contributed by atoms with E-state index in [1.54, 1.807) is 0 Å². The third-order valence-electron chi connectivity index (χ3n) is 5.91. The molecule has 3 aromatic carbocycles. The molecule has 0 saturated carbocycles. The number of hydrogen-bond acceptors (Lipinski definition) is 3. The highest BCUT2D eigenvalue weighted by Gasteiger charge is 2.30. The molecule has 1 saturated heterocycles. The van der Waals surface area contributed by atoms with Crippen LogP contribution in [0.25, 0.3) is 0 Å². The fourth-order valence-corrected chi connectivity index (χ4v) is 4.41. The van der Waals surface area contributed by atoms with E-state index in [0.29, 0.717) is 19.5 Å². The maximum absolute atomic E-state index is 12.9. The van der Waals surface area contributed by atoms with Gasteiger partial charge in [-0.1, -0.05) is 84.4 Å². The van der Waals surface area contributed by atoms with Crippen LogP contribution in [0.3, 0.4) is 0 Å². The number of carbonyl (C=O) groups excluding carboxylic acids is 1. The molecule has 0 spiro atoms. The third kappa shape index (κ3) is 5.34. The monoisotopic (exact) mass is 433 g/mol. The maximum Gasteiger partial charge on any atom is 0.239 e. The first kappa shape index (κ1) is 21.6. The van der Waals surface area contributed by atoms with E-state index < -0.39 is 6.04 Å². The molecule has 5 heteroatoms. The number of benzene rings is 3. The highest BCUT2D eigenvalue weighted by molar-refractivity contribution is 6.30. The van der Waals surface area contributed by atoms with Crippen LogP contribution in [-0.2, 0) is 11.2 Å². The number of rotatable bonds is 6. The van der Waals surface area contributed by atoms with Crippen molar-refractivity contribution in [1.82, 2.24) is 9.80 Å². The lowest BCUT2D eigenvalue weighted by atomic mass is 9.96. The zero-order valence-electron chi connectivity index (χ0n) is 17.5. The topological polar surface area (TPSA) is 49.6 Å². The van der Waals surface area contributed by atoms with Crippen LogP contribution in [0.4, 0.5) is 0 Å². The number of carbonyl (C=O) groups is 1. The standard InChI is InChI=1S/C26H28ClN3O/c27-23-13-11-22(12-14-23)25(21-9-5-2-6-10-21)29-15-17-30(18-16-29)26(31)24(28)19-20-7-3-1-4-8-20/h1-14,24-25H,15-19,28H2/t24-,25?/m0/s1. The van der Waals surface area contributed by atoms with Crippen LogP contribution in [-0.4, -0.2) is 47.9 Å². The maximum atomic E-state index is 12.9. The molecule has 1 amide bonds. The summed E-state index contributed by atoms with van der Waals surface area (Å²) in [5.74, 6) is 0.0336. The van der Waals surface area contributed by atoms with E-state index in [-0.39, 0.29) is 11.9 Å². The Morgan fingerprint density at radius 2 is 1.35 bits per heavy atom. The van der Waals surface area contributed by atoms with Gasteiger partial charge in [0.1, 0.15) is 0 Å². The Morgan fingerprint density at radius 3 is 1.97 bits per heavy atom. The van der Waals surface area contributed by atoms with Crippen molar-refractivity contribution in [3.63, 3.8) is 0 Å². The number of hydrogen-bond donors (Lipinski definition) is 1. The van der Waals surface area contributed by atoms with Gasteiger partial charge >= 0.3 is 0 Å². The first-order valence-corrected chi connectivity index (χ1v) is 11.1.